The first kappa shape index (κ1) is 22.9. The van der Waals surface area contributed by atoms with Crippen molar-refractivity contribution in [3.8, 4) is 0 Å². The van der Waals surface area contributed by atoms with Crippen molar-refractivity contribution in [1.29, 1.82) is 0 Å². The number of H-pyrrole nitrogens is 1. The summed E-state index contributed by atoms with van der Waals surface area (Å²) in [5, 5.41) is 11.6. The summed E-state index contributed by atoms with van der Waals surface area (Å²) < 4.78 is 30.8. The van der Waals surface area contributed by atoms with Crippen LogP contribution in [0.3, 0.4) is 0 Å². The quantitative estimate of drug-likeness (QED) is 0.343. The van der Waals surface area contributed by atoms with Gasteiger partial charge in [-0.3, -0.25) is 5.10 Å². The predicted molar refractivity (Wildman–Crippen MR) is 141 cm³/mol. The van der Waals surface area contributed by atoms with Gasteiger partial charge in [-0.15, -0.1) is 11.3 Å². The van der Waals surface area contributed by atoms with E-state index in [1.54, 1.807) is 29.5 Å². The van der Waals surface area contributed by atoms with E-state index in [4.69, 9.17) is 9.72 Å². The highest BCUT2D eigenvalue weighted by molar-refractivity contribution is 7.90. The molecule has 1 atom stereocenters. The number of aromatic nitrogens is 4. The van der Waals surface area contributed by atoms with Gasteiger partial charge in [0.2, 0.25) is 5.95 Å². The maximum atomic E-state index is 11.8. The lowest BCUT2D eigenvalue weighted by atomic mass is 10.0. The molecule has 4 heterocycles. The minimum Gasteiger partial charge on any atom is -0.380 e. The Morgan fingerprint density at radius 2 is 2.08 bits per heavy atom. The molecule has 1 aliphatic heterocycles. The standard InChI is InChI=1S/C25H24N6O3S2/c1-36(32,33)18-5-2-4-16(10-18)26-12-17-11-22-24(35-17)14-27-25(29-22)31-8-9-34-23(15-31)19-6-3-7-21-20(19)13-28-30-21/h2-7,10-11,13-14,23,26H,8-9,12,15H2,1H3,(H,28,30). The van der Waals surface area contributed by atoms with Crippen LogP contribution < -0.4 is 10.2 Å². The molecule has 11 heteroatoms. The number of nitrogens with zero attached hydrogens (tertiary/aromatic N) is 4. The molecule has 6 rings (SSSR count). The first-order valence-electron chi connectivity index (χ1n) is 11.5. The number of benzene rings is 2. The summed E-state index contributed by atoms with van der Waals surface area (Å²) in [6, 6.07) is 15.0. The number of rotatable bonds is 6. The van der Waals surface area contributed by atoms with Crippen LogP contribution in [0.2, 0.25) is 0 Å². The molecule has 0 amide bonds. The largest absolute Gasteiger partial charge is 0.380 e. The summed E-state index contributed by atoms with van der Waals surface area (Å²) in [4.78, 5) is 13.0. The van der Waals surface area contributed by atoms with Gasteiger partial charge >= 0.3 is 0 Å². The second-order valence-corrected chi connectivity index (χ2v) is 12.0. The Hall–Kier alpha value is -3.54. The third-order valence-corrected chi connectivity index (χ3v) is 8.42. The molecule has 184 valence electrons. The van der Waals surface area contributed by atoms with Crippen molar-refractivity contribution in [1.82, 2.24) is 20.2 Å². The van der Waals surface area contributed by atoms with E-state index in [9.17, 15) is 8.42 Å². The number of ether oxygens (including phenoxy) is 1. The molecule has 5 aromatic rings. The van der Waals surface area contributed by atoms with E-state index in [0.29, 0.717) is 30.5 Å². The van der Waals surface area contributed by atoms with Gasteiger partial charge in [-0.25, -0.2) is 18.4 Å². The van der Waals surface area contributed by atoms with E-state index in [-0.39, 0.29) is 6.10 Å². The fraction of sp³-hybridized carbons (Fsp3) is 0.240. The van der Waals surface area contributed by atoms with Gasteiger partial charge in [-0.05, 0) is 35.9 Å². The van der Waals surface area contributed by atoms with Crippen molar-refractivity contribution in [2.75, 3.05) is 36.2 Å². The highest BCUT2D eigenvalue weighted by Crippen LogP contribution is 2.31. The second-order valence-electron chi connectivity index (χ2n) is 8.77. The highest BCUT2D eigenvalue weighted by Gasteiger charge is 2.25. The first-order chi connectivity index (χ1) is 17.4. The monoisotopic (exact) mass is 520 g/mol. The molecule has 1 aliphatic rings. The fourth-order valence-electron chi connectivity index (χ4n) is 4.44. The number of morpholine rings is 1. The maximum absolute atomic E-state index is 11.8. The number of hydrogen-bond donors (Lipinski definition) is 2. The van der Waals surface area contributed by atoms with Crippen molar-refractivity contribution in [3.63, 3.8) is 0 Å². The molecule has 1 fully saturated rings. The molecule has 0 aliphatic carbocycles. The summed E-state index contributed by atoms with van der Waals surface area (Å²) in [7, 11) is -3.25. The fourth-order valence-corrected chi connectivity index (χ4v) is 6.01. The van der Waals surface area contributed by atoms with Gasteiger partial charge in [-0.2, -0.15) is 5.10 Å². The second kappa shape index (κ2) is 9.16. The van der Waals surface area contributed by atoms with Crippen LogP contribution in [0, 0.1) is 0 Å². The zero-order valence-corrected chi connectivity index (χ0v) is 21.1. The van der Waals surface area contributed by atoms with E-state index in [2.05, 4.69) is 37.5 Å². The third-order valence-electron chi connectivity index (χ3n) is 6.25. The van der Waals surface area contributed by atoms with Gasteiger partial charge in [0.15, 0.2) is 9.84 Å². The lowest BCUT2D eigenvalue weighted by Gasteiger charge is -2.33. The molecule has 0 radical (unpaired) electrons. The van der Waals surface area contributed by atoms with Gasteiger partial charge < -0.3 is 15.0 Å². The Morgan fingerprint density at radius 1 is 1.19 bits per heavy atom. The topological polar surface area (TPSA) is 113 Å². The molecule has 36 heavy (non-hydrogen) atoms. The number of aromatic amines is 1. The zero-order chi connectivity index (χ0) is 24.7. The minimum absolute atomic E-state index is 0.0933. The number of anilines is 2. The van der Waals surface area contributed by atoms with Crippen LogP contribution in [0.25, 0.3) is 21.1 Å². The predicted octanol–water partition coefficient (Wildman–Crippen LogP) is 4.16. The van der Waals surface area contributed by atoms with E-state index < -0.39 is 9.84 Å². The number of thiophene rings is 1. The Bertz CT molecular complexity index is 1660. The maximum Gasteiger partial charge on any atom is 0.226 e. The molecular weight excluding hydrogens is 496 g/mol. The van der Waals surface area contributed by atoms with Crippen molar-refractivity contribution < 1.29 is 13.2 Å². The highest BCUT2D eigenvalue weighted by atomic mass is 32.2. The zero-order valence-electron chi connectivity index (χ0n) is 19.5. The Balaban J connectivity index is 1.19. The smallest absolute Gasteiger partial charge is 0.226 e. The summed E-state index contributed by atoms with van der Waals surface area (Å²) in [6.45, 7) is 2.53. The molecular formula is C25H24N6O3S2. The van der Waals surface area contributed by atoms with Crippen LogP contribution in [0.4, 0.5) is 11.6 Å². The summed E-state index contributed by atoms with van der Waals surface area (Å²) in [5.74, 6) is 0.688. The molecule has 2 N–H and O–H groups in total. The van der Waals surface area contributed by atoms with Crippen LogP contribution in [0.15, 0.2) is 65.8 Å². The van der Waals surface area contributed by atoms with Crippen molar-refractivity contribution in [2.24, 2.45) is 0 Å². The Morgan fingerprint density at radius 3 is 2.97 bits per heavy atom. The van der Waals surface area contributed by atoms with Crippen molar-refractivity contribution >= 4 is 53.9 Å². The summed E-state index contributed by atoms with van der Waals surface area (Å²) in [6.07, 6.45) is 4.83. The SMILES string of the molecule is CS(=O)(=O)c1cccc(NCc2cc3nc(N4CCOC(c5cccc6[nH]ncc56)C4)ncc3s2)c1. The van der Waals surface area contributed by atoms with Gasteiger partial charge in [0.1, 0.15) is 6.10 Å². The number of hydrogen-bond acceptors (Lipinski definition) is 9. The van der Waals surface area contributed by atoms with Crippen LogP contribution in [0.1, 0.15) is 16.5 Å². The van der Waals surface area contributed by atoms with Gasteiger partial charge in [0.25, 0.3) is 0 Å². The molecule has 2 aromatic carbocycles. The van der Waals surface area contributed by atoms with E-state index in [0.717, 1.165) is 43.8 Å². The molecule has 1 saturated heterocycles. The van der Waals surface area contributed by atoms with Gasteiger partial charge in [0.05, 0.1) is 46.2 Å². The molecule has 1 unspecified atom stereocenters. The molecule has 0 bridgehead atoms. The average Bonchev–Trinajstić information content (AvgIpc) is 3.53. The van der Waals surface area contributed by atoms with Crippen molar-refractivity contribution in [2.45, 2.75) is 17.5 Å². The van der Waals surface area contributed by atoms with E-state index in [1.165, 1.54) is 6.26 Å². The molecule has 0 spiro atoms. The molecule has 3 aromatic heterocycles. The summed E-state index contributed by atoms with van der Waals surface area (Å²) >= 11 is 1.62. The third kappa shape index (κ3) is 4.52. The molecule has 9 nitrogen and oxygen atoms in total. The van der Waals surface area contributed by atoms with Gasteiger partial charge in [-0.1, -0.05) is 18.2 Å². The van der Waals surface area contributed by atoms with Crippen LogP contribution in [-0.2, 0) is 21.1 Å². The minimum atomic E-state index is -3.25. The van der Waals surface area contributed by atoms with Crippen LogP contribution in [-0.4, -0.2) is 54.5 Å². The number of fused-ring (bicyclic) bond motifs is 2. The Labute approximate surface area is 212 Å². The first-order valence-corrected chi connectivity index (χ1v) is 14.2. The number of nitrogens with one attached hydrogen (secondary N) is 2. The molecule has 0 saturated carbocycles. The van der Waals surface area contributed by atoms with E-state index >= 15 is 0 Å². The van der Waals surface area contributed by atoms with Gasteiger partial charge in [0, 0.05) is 35.3 Å². The van der Waals surface area contributed by atoms with Crippen molar-refractivity contribution in [3.05, 3.63) is 71.4 Å². The number of sulfone groups is 1. The van der Waals surface area contributed by atoms with Crippen LogP contribution >= 0.6 is 11.3 Å². The summed E-state index contributed by atoms with van der Waals surface area (Å²) in [5.41, 5.74) is 3.75. The van der Waals surface area contributed by atoms with Crippen LogP contribution in [0.5, 0.6) is 0 Å². The Kier molecular flexibility index (Phi) is 5.82. The normalized spacial score (nSPS) is 16.6. The lowest BCUT2D eigenvalue weighted by Crippen LogP contribution is -2.39. The average molecular weight is 521 g/mol. The lowest BCUT2D eigenvalue weighted by molar-refractivity contribution is 0.0402. The van der Waals surface area contributed by atoms with E-state index in [1.807, 2.05) is 30.6 Å².